The van der Waals surface area contributed by atoms with Gasteiger partial charge in [0.15, 0.2) is 0 Å². The molecule has 0 saturated heterocycles. The molecule has 0 aliphatic heterocycles. The molecule has 0 fully saturated rings. The summed E-state index contributed by atoms with van der Waals surface area (Å²) in [6, 6.07) is 0. The van der Waals surface area contributed by atoms with Crippen LogP contribution in [0.2, 0.25) is 0 Å². The largest absolute Gasteiger partial charge is 0.380 e. The number of ether oxygens (including phenoxy) is 1. The highest BCUT2D eigenvalue weighted by Gasteiger charge is 1.86. The normalized spacial score (nSPS) is 12.4. The first-order chi connectivity index (χ1) is 5.35. The smallest absolute Gasteiger partial charge is 0.123 e. The quantitative estimate of drug-likeness (QED) is 0.445. The van der Waals surface area contributed by atoms with Crippen molar-refractivity contribution in [3.63, 3.8) is 0 Å². The van der Waals surface area contributed by atoms with E-state index in [4.69, 9.17) is 4.74 Å². The van der Waals surface area contributed by atoms with Gasteiger partial charge >= 0.3 is 0 Å². The Morgan fingerprint density at radius 1 is 1.55 bits per heavy atom. The minimum Gasteiger partial charge on any atom is -0.380 e. The maximum absolute atomic E-state index is 9.93. The summed E-state index contributed by atoms with van der Waals surface area (Å²) in [5.74, 6) is 0. The first kappa shape index (κ1) is 10.1. The predicted octanol–water partition coefficient (Wildman–Crippen LogP) is 1.72. The Balaban J connectivity index is 3.77. The SMILES string of the molecule is C/C=C(\C=C/CC=O)COC. The molecule has 0 N–H and O–H groups in total. The van der Waals surface area contributed by atoms with Gasteiger partial charge < -0.3 is 9.53 Å². The summed E-state index contributed by atoms with van der Waals surface area (Å²) in [6.45, 7) is 2.55. The standard InChI is InChI=1S/C9H14O2/c1-3-9(8-11-2)6-4-5-7-10/h3-4,6-7H,5,8H2,1-2H3/b6-4-,9-3+. The van der Waals surface area contributed by atoms with Gasteiger partial charge in [0.05, 0.1) is 6.61 Å². The number of aldehydes is 1. The molecule has 0 aliphatic rings. The van der Waals surface area contributed by atoms with Crippen molar-refractivity contribution in [2.45, 2.75) is 13.3 Å². The van der Waals surface area contributed by atoms with Crippen LogP contribution in [0.5, 0.6) is 0 Å². The van der Waals surface area contributed by atoms with Gasteiger partial charge in [-0.05, 0) is 12.5 Å². The van der Waals surface area contributed by atoms with E-state index in [2.05, 4.69) is 0 Å². The minimum atomic E-state index is 0.473. The van der Waals surface area contributed by atoms with Gasteiger partial charge in [0.25, 0.3) is 0 Å². The van der Waals surface area contributed by atoms with Crippen molar-refractivity contribution in [3.05, 3.63) is 23.8 Å². The number of hydrogen-bond acceptors (Lipinski definition) is 2. The summed E-state index contributed by atoms with van der Waals surface area (Å²) in [5.41, 5.74) is 1.09. The molecule has 0 atom stereocenters. The molecule has 0 bridgehead atoms. The fourth-order valence-corrected chi connectivity index (χ4v) is 0.669. The first-order valence-electron chi connectivity index (χ1n) is 3.59. The molecule has 2 heteroatoms. The van der Waals surface area contributed by atoms with Gasteiger partial charge in [-0.1, -0.05) is 18.2 Å². The Kier molecular flexibility index (Phi) is 6.64. The van der Waals surface area contributed by atoms with Gasteiger partial charge in [-0.2, -0.15) is 0 Å². The van der Waals surface area contributed by atoms with Crippen molar-refractivity contribution in [1.29, 1.82) is 0 Å². The average Bonchev–Trinajstić information content (AvgIpc) is 2.03. The molecule has 0 aromatic carbocycles. The summed E-state index contributed by atoms with van der Waals surface area (Å²) < 4.78 is 4.92. The van der Waals surface area contributed by atoms with Crippen LogP contribution in [-0.4, -0.2) is 20.0 Å². The van der Waals surface area contributed by atoms with Crippen LogP contribution in [0.25, 0.3) is 0 Å². The second-order valence-electron chi connectivity index (χ2n) is 2.10. The first-order valence-corrected chi connectivity index (χ1v) is 3.59. The third-order valence-corrected chi connectivity index (χ3v) is 1.25. The van der Waals surface area contributed by atoms with Crippen LogP contribution in [0, 0.1) is 0 Å². The number of hydrogen-bond donors (Lipinski definition) is 0. The van der Waals surface area contributed by atoms with Crippen LogP contribution in [0.1, 0.15) is 13.3 Å². The maximum atomic E-state index is 9.93. The second kappa shape index (κ2) is 7.22. The van der Waals surface area contributed by atoms with E-state index in [1.807, 2.05) is 25.2 Å². The van der Waals surface area contributed by atoms with E-state index in [0.29, 0.717) is 13.0 Å². The number of allylic oxidation sites excluding steroid dienone is 2. The fourth-order valence-electron chi connectivity index (χ4n) is 0.669. The molecule has 0 aromatic rings. The van der Waals surface area contributed by atoms with Crippen LogP contribution in [0.3, 0.4) is 0 Å². The summed E-state index contributed by atoms with van der Waals surface area (Å²) in [5, 5.41) is 0. The highest BCUT2D eigenvalue weighted by molar-refractivity contribution is 5.52. The molecule has 62 valence electrons. The number of rotatable bonds is 5. The van der Waals surface area contributed by atoms with Gasteiger partial charge in [-0.15, -0.1) is 0 Å². The van der Waals surface area contributed by atoms with Gasteiger partial charge in [-0.25, -0.2) is 0 Å². The van der Waals surface area contributed by atoms with E-state index in [1.165, 1.54) is 0 Å². The van der Waals surface area contributed by atoms with Gasteiger partial charge in [-0.3, -0.25) is 0 Å². The Morgan fingerprint density at radius 3 is 2.73 bits per heavy atom. The molecule has 0 radical (unpaired) electrons. The summed E-state index contributed by atoms with van der Waals surface area (Å²) in [7, 11) is 1.65. The van der Waals surface area contributed by atoms with Crippen molar-refractivity contribution < 1.29 is 9.53 Å². The summed E-state index contributed by atoms with van der Waals surface area (Å²) in [6.07, 6.45) is 7.03. The molecule has 0 unspecified atom stereocenters. The zero-order valence-corrected chi connectivity index (χ0v) is 7.04. The second-order valence-corrected chi connectivity index (χ2v) is 2.10. The maximum Gasteiger partial charge on any atom is 0.123 e. The molecular formula is C9H14O2. The van der Waals surface area contributed by atoms with E-state index in [-0.39, 0.29) is 0 Å². The zero-order chi connectivity index (χ0) is 8.53. The molecule has 2 nitrogen and oxygen atoms in total. The molecule has 11 heavy (non-hydrogen) atoms. The molecule has 0 amide bonds. The van der Waals surface area contributed by atoms with Crippen molar-refractivity contribution in [2.75, 3.05) is 13.7 Å². The number of carbonyl (C=O) groups is 1. The minimum absolute atomic E-state index is 0.473. The third-order valence-electron chi connectivity index (χ3n) is 1.25. The van der Waals surface area contributed by atoms with Crippen molar-refractivity contribution >= 4 is 6.29 Å². The highest BCUT2D eigenvalue weighted by atomic mass is 16.5. The number of carbonyl (C=O) groups excluding carboxylic acids is 1. The molecule has 0 rings (SSSR count). The van der Waals surface area contributed by atoms with Gasteiger partial charge in [0, 0.05) is 13.5 Å². The molecule has 0 aromatic heterocycles. The molecular weight excluding hydrogens is 140 g/mol. The lowest BCUT2D eigenvalue weighted by Gasteiger charge is -1.96. The van der Waals surface area contributed by atoms with E-state index in [1.54, 1.807) is 7.11 Å². The summed E-state index contributed by atoms with van der Waals surface area (Å²) >= 11 is 0. The van der Waals surface area contributed by atoms with Crippen LogP contribution in [0.15, 0.2) is 23.8 Å². The Hall–Kier alpha value is -0.890. The zero-order valence-electron chi connectivity index (χ0n) is 7.04. The van der Waals surface area contributed by atoms with E-state index in [0.717, 1.165) is 11.9 Å². The molecule has 0 heterocycles. The monoisotopic (exact) mass is 154 g/mol. The van der Waals surface area contributed by atoms with Gasteiger partial charge in [0.1, 0.15) is 6.29 Å². The number of methoxy groups -OCH3 is 1. The van der Waals surface area contributed by atoms with Crippen molar-refractivity contribution in [2.24, 2.45) is 0 Å². The lowest BCUT2D eigenvalue weighted by molar-refractivity contribution is -0.107. The Labute approximate surface area is 67.6 Å². The van der Waals surface area contributed by atoms with E-state index in [9.17, 15) is 4.79 Å². The van der Waals surface area contributed by atoms with Crippen molar-refractivity contribution in [1.82, 2.24) is 0 Å². The molecule has 0 spiro atoms. The van der Waals surface area contributed by atoms with E-state index < -0.39 is 0 Å². The average molecular weight is 154 g/mol. The lowest BCUT2D eigenvalue weighted by atomic mass is 10.2. The molecule has 0 saturated carbocycles. The van der Waals surface area contributed by atoms with Gasteiger partial charge in [0.2, 0.25) is 0 Å². The van der Waals surface area contributed by atoms with Crippen LogP contribution < -0.4 is 0 Å². The van der Waals surface area contributed by atoms with Crippen LogP contribution in [0.4, 0.5) is 0 Å². The lowest BCUT2D eigenvalue weighted by Crippen LogP contribution is -1.90. The molecule has 0 aliphatic carbocycles. The van der Waals surface area contributed by atoms with E-state index >= 15 is 0 Å². The Morgan fingerprint density at radius 2 is 2.27 bits per heavy atom. The highest BCUT2D eigenvalue weighted by Crippen LogP contribution is 1.97. The third kappa shape index (κ3) is 5.55. The topological polar surface area (TPSA) is 26.3 Å². The predicted molar refractivity (Wildman–Crippen MR) is 45.5 cm³/mol. The van der Waals surface area contributed by atoms with Crippen LogP contribution >= 0.6 is 0 Å². The van der Waals surface area contributed by atoms with Crippen molar-refractivity contribution in [3.8, 4) is 0 Å². The Bertz CT molecular complexity index is 157. The van der Waals surface area contributed by atoms with Crippen LogP contribution in [-0.2, 0) is 9.53 Å². The fraction of sp³-hybridized carbons (Fsp3) is 0.444. The summed E-state index contributed by atoms with van der Waals surface area (Å²) in [4.78, 5) is 9.93.